The zero-order valence-electron chi connectivity index (χ0n) is 11.3. The zero-order valence-corrected chi connectivity index (χ0v) is 12.1. The molecule has 2 rings (SSSR count). The van der Waals surface area contributed by atoms with Crippen molar-refractivity contribution in [2.24, 2.45) is 0 Å². The third-order valence-electron chi connectivity index (χ3n) is 3.28. The fourth-order valence-corrected chi connectivity index (χ4v) is 3.81. The van der Waals surface area contributed by atoms with Gasteiger partial charge in [0, 0.05) is 31.5 Å². The molecule has 0 radical (unpaired) electrons. The van der Waals surface area contributed by atoms with E-state index in [1.807, 2.05) is 19.2 Å². The smallest absolute Gasteiger partial charge is 0.271 e. The van der Waals surface area contributed by atoms with Gasteiger partial charge in [-0.25, -0.2) is 0 Å². The first-order chi connectivity index (χ1) is 9.08. The predicted molar refractivity (Wildman–Crippen MR) is 73.8 cm³/mol. The Morgan fingerprint density at radius 3 is 2.53 bits per heavy atom. The molecule has 0 unspecified atom stereocenters. The van der Waals surface area contributed by atoms with E-state index in [-0.39, 0.29) is 6.04 Å². The molecule has 1 fully saturated rings. The van der Waals surface area contributed by atoms with Crippen LogP contribution in [0.1, 0.15) is 32.6 Å². The first-order valence-corrected chi connectivity index (χ1v) is 8.27. The Bertz CT molecular complexity index is 464. The average Bonchev–Trinajstić information content (AvgIpc) is 2.67. The first-order valence-electron chi connectivity index (χ1n) is 6.83. The van der Waals surface area contributed by atoms with Crippen LogP contribution in [0.15, 0.2) is 18.5 Å². The van der Waals surface area contributed by atoms with Crippen LogP contribution in [0, 0.1) is 0 Å². The number of aromatic nitrogens is 2. The highest BCUT2D eigenvalue weighted by molar-refractivity contribution is 7.87. The summed E-state index contributed by atoms with van der Waals surface area (Å²) in [6, 6.07) is 1.66. The molecule has 0 saturated carbocycles. The molecule has 0 bridgehead atoms. The van der Waals surface area contributed by atoms with E-state index in [1.165, 1.54) is 0 Å². The van der Waals surface area contributed by atoms with E-state index in [2.05, 4.69) is 9.82 Å². The maximum Gasteiger partial charge on any atom is 0.279 e. The maximum atomic E-state index is 12.3. The van der Waals surface area contributed by atoms with Crippen LogP contribution in [0.3, 0.4) is 0 Å². The second kappa shape index (κ2) is 6.49. The monoisotopic (exact) mass is 286 g/mol. The molecule has 1 aromatic rings. The van der Waals surface area contributed by atoms with E-state index in [9.17, 15) is 8.42 Å². The Labute approximate surface area is 115 Å². The number of rotatable bonds is 5. The van der Waals surface area contributed by atoms with E-state index in [0.717, 1.165) is 25.7 Å². The second-order valence-corrected chi connectivity index (χ2v) is 6.77. The summed E-state index contributed by atoms with van der Waals surface area (Å²) in [6.45, 7) is 3.66. The van der Waals surface area contributed by atoms with Crippen LogP contribution in [0.2, 0.25) is 0 Å². The quantitative estimate of drug-likeness (QED) is 0.877. The molecule has 1 aromatic heterocycles. The highest BCUT2D eigenvalue weighted by Gasteiger charge is 2.24. The van der Waals surface area contributed by atoms with E-state index in [1.54, 1.807) is 15.2 Å². The molecule has 0 aliphatic carbocycles. The molecule has 1 aliphatic heterocycles. The number of nitrogens with one attached hydrogen (secondary N) is 1. The lowest BCUT2D eigenvalue weighted by Gasteiger charge is -2.23. The molecule has 108 valence electrons. The second-order valence-electron chi connectivity index (χ2n) is 5.07. The third kappa shape index (κ3) is 4.29. The van der Waals surface area contributed by atoms with Gasteiger partial charge in [0.1, 0.15) is 0 Å². The van der Waals surface area contributed by atoms with Gasteiger partial charge in [-0.2, -0.15) is 22.5 Å². The molecule has 1 atom stereocenters. The van der Waals surface area contributed by atoms with Crippen LogP contribution >= 0.6 is 0 Å². The van der Waals surface area contributed by atoms with Gasteiger partial charge < -0.3 is 0 Å². The molecule has 19 heavy (non-hydrogen) atoms. The molecule has 0 spiro atoms. The van der Waals surface area contributed by atoms with Crippen molar-refractivity contribution in [2.75, 3.05) is 13.1 Å². The normalized spacial score (nSPS) is 20.1. The van der Waals surface area contributed by atoms with Crippen molar-refractivity contribution in [3.63, 3.8) is 0 Å². The summed E-state index contributed by atoms with van der Waals surface area (Å²) in [4.78, 5) is 0. The SMILES string of the molecule is C[C@@H](Cn1cccn1)NS(=O)(=O)N1CCCCCC1. The van der Waals surface area contributed by atoms with Gasteiger partial charge in [-0.15, -0.1) is 0 Å². The van der Waals surface area contributed by atoms with Gasteiger partial charge in [0.05, 0.1) is 6.54 Å². The lowest BCUT2D eigenvalue weighted by atomic mass is 10.2. The maximum absolute atomic E-state index is 12.3. The largest absolute Gasteiger partial charge is 0.279 e. The van der Waals surface area contributed by atoms with Crippen molar-refractivity contribution >= 4 is 10.2 Å². The fourth-order valence-electron chi connectivity index (χ4n) is 2.34. The van der Waals surface area contributed by atoms with Crippen LogP contribution in [0.4, 0.5) is 0 Å². The number of nitrogens with zero attached hydrogens (tertiary/aromatic N) is 3. The summed E-state index contributed by atoms with van der Waals surface area (Å²) in [6.07, 6.45) is 7.67. The van der Waals surface area contributed by atoms with Crippen LogP contribution in [0.25, 0.3) is 0 Å². The van der Waals surface area contributed by atoms with Crippen molar-refractivity contribution in [3.8, 4) is 0 Å². The minimum absolute atomic E-state index is 0.173. The summed E-state index contributed by atoms with van der Waals surface area (Å²) in [7, 11) is -3.37. The molecule has 1 saturated heterocycles. The molecule has 7 heteroatoms. The Morgan fingerprint density at radius 2 is 1.95 bits per heavy atom. The fraction of sp³-hybridized carbons (Fsp3) is 0.750. The van der Waals surface area contributed by atoms with Gasteiger partial charge in [-0.1, -0.05) is 12.8 Å². The standard InChI is InChI=1S/C12H22N4O2S/c1-12(11-15-8-6-7-13-15)14-19(17,18)16-9-4-2-3-5-10-16/h6-8,12,14H,2-5,9-11H2,1H3/t12-/m0/s1. The molecule has 1 aliphatic rings. The molecular weight excluding hydrogens is 264 g/mol. The molecule has 2 heterocycles. The summed E-state index contributed by atoms with van der Waals surface area (Å²) in [5, 5.41) is 4.08. The topological polar surface area (TPSA) is 67.2 Å². The summed E-state index contributed by atoms with van der Waals surface area (Å²) >= 11 is 0. The lowest BCUT2D eigenvalue weighted by Crippen LogP contribution is -2.46. The Hall–Kier alpha value is -0.920. The zero-order chi connectivity index (χ0) is 13.7. The Morgan fingerprint density at radius 1 is 1.26 bits per heavy atom. The Kier molecular flexibility index (Phi) is 4.95. The molecule has 0 amide bonds. The van der Waals surface area contributed by atoms with Crippen molar-refractivity contribution in [1.82, 2.24) is 18.8 Å². The van der Waals surface area contributed by atoms with Crippen molar-refractivity contribution < 1.29 is 8.42 Å². The van der Waals surface area contributed by atoms with Gasteiger partial charge in [0.2, 0.25) is 0 Å². The van der Waals surface area contributed by atoms with Crippen molar-refractivity contribution in [2.45, 2.75) is 45.2 Å². The summed E-state index contributed by atoms with van der Waals surface area (Å²) in [5.41, 5.74) is 0. The molecule has 1 N–H and O–H groups in total. The van der Waals surface area contributed by atoms with Crippen molar-refractivity contribution in [1.29, 1.82) is 0 Å². The van der Waals surface area contributed by atoms with Crippen LogP contribution in [-0.2, 0) is 16.8 Å². The highest BCUT2D eigenvalue weighted by Crippen LogP contribution is 2.12. The van der Waals surface area contributed by atoms with E-state index in [0.29, 0.717) is 19.6 Å². The molecule has 6 nitrogen and oxygen atoms in total. The Balaban J connectivity index is 1.92. The van der Waals surface area contributed by atoms with Crippen LogP contribution < -0.4 is 4.72 Å². The van der Waals surface area contributed by atoms with Gasteiger partial charge in [0.15, 0.2) is 0 Å². The summed E-state index contributed by atoms with van der Waals surface area (Å²) < 4.78 is 30.6. The van der Waals surface area contributed by atoms with Gasteiger partial charge in [-0.3, -0.25) is 4.68 Å². The third-order valence-corrected chi connectivity index (χ3v) is 5.02. The minimum atomic E-state index is -3.37. The van der Waals surface area contributed by atoms with Gasteiger partial charge in [-0.05, 0) is 25.8 Å². The summed E-state index contributed by atoms with van der Waals surface area (Å²) in [5.74, 6) is 0. The molecular formula is C12H22N4O2S. The van der Waals surface area contributed by atoms with Crippen LogP contribution in [-0.4, -0.2) is 41.6 Å². The van der Waals surface area contributed by atoms with Gasteiger partial charge in [0.25, 0.3) is 10.2 Å². The highest BCUT2D eigenvalue weighted by atomic mass is 32.2. The predicted octanol–water partition coefficient (Wildman–Crippen LogP) is 0.982. The van der Waals surface area contributed by atoms with E-state index >= 15 is 0 Å². The number of hydrogen-bond acceptors (Lipinski definition) is 3. The van der Waals surface area contributed by atoms with Gasteiger partial charge >= 0.3 is 0 Å². The number of hydrogen-bond donors (Lipinski definition) is 1. The van der Waals surface area contributed by atoms with Crippen LogP contribution in [0.5, 0.6) is 0 Å². The first kappa shape index (κ1) is 14.5. The molecule has 0 aromatic carbocycles. The minimum Gasteiger partial charge on any atom is -0.271 e. The average molecular weight is 286 g/mol. The van der Waals surface area contributed by atoms with E-state index in [4.69, 9.17) is 0 Å². The lowest BCUT2D eigenvalue weighted by molar-refractivity contribution is 0.401. The van der Waals surface area contributed by atoms with Crippen molar-refractivity contribution in [3.05, 3.63) is 18.5 Å². The van der Waals surface area contributed by atoms with E-state index < -0.39 is 10.2 Å².